The molecule has 0 fully saturated rings. The molecule has 6 heteroatoms. The van der Waals surface area contributed by atoms with Crippen LogP contribution >= 0.6 is 0 Å². The number of ether oxygens (including phenoxy) is 2. The van der Waals surface area contributed by atoms with Gasteiger partial charge in [0.2, 0.25) is 0 Å². The van der Waals surface area contributed by atoms with Gasteiger partial charge in [0.05, 0.1) is 27.0 Å². The van der Waals surface area contributed by atoms with Crippen LogP contribution in [0.3, 0.4) is 0 Å². The summed E-state index contributed by atoms with van der Waals surface area (Å²) in [5.74, 6) is 0.802. The normalized spacial score (nSPS) is 19.0. The number of aromatic amines is 1. The molecule has 0 bridgehead atoms. The van der Waals surface area contributed by atoms with Crippen LogP contribution in [0, 0.1) is 0 Å². The molecule has 4 rings (SSSR count). The van der Waals surface area contributed by atoms with Crippen molar-refractivity contribution < 1.29 is 9.47 Å². The molecule has 0 saturated heterocycles. The van der Waals surface area contributed by atoms with Crippen molar-refractivity contribution in [2.75, 3.05) is 34.4 Å². The highest BCUT2D eigenvalue weighted by Gasteiger charge is 2.37. The Morgan fingerprint density at radius 2 is 1.97 bits per heavy atom. The number of quaternary nitrogens is 1. The zero-order chi connectivity index (χ0) is 20.4. The summed E-state index contributed by atoms with van der Waals surface area (Å²) in [7, 11) is 5.47. The van der Waals surface area contributed by atoms with Gasteiger partial charge in [-0.1, -0.05) is 6.07 Å². The van der Waals surface area contributed by atoms with Crippen molar-refractivity contribution in [1.82, 2.24) is 9.47 Å². The van der Waals surface area contributed by atoms with Gasteiger partial charge in [0.25, 0.3) is 0 Å². The zero-order valence-corrected chi connectivity index (χ0v) is 17.1. The molecule has 3 aromatic rings. The van der Waals surface area contributed by atoms with E-state index in [1.165, 1.54) is 5.39 Å². The quantitative estimate of drug-likeness (QED) is 0.652. The Hall–Kier alpha value is -3.09. The third kappa shape index (κ3) is 3.41. The monoisotopic (exact) mass is 391 g/mol. The number of amidine groups is 1. The van der Waals surface area contributed by atoms with Crippen molar-refractivity contribution in [3.05, 3.63) is 65.9 Å². The smallest absolute Gasteiger partial charge is 0.404 e. The number of rotatable bonds is 5. The molecule has 0 saturated carbocycles. The highest BCUT2D eigenvalue weighted by Crippen LogP contribution is 2.33. The molecular weight excluding hydrogens is 364 g/mol. The van der Waals surface area contributed by atoms with Crippen LogP contribution in [0.5, 0.6) is 5.75 Å². The molecule has 2 heterocycles. The number of hydrogen-bond donors (Lipinski definition) is 2. The molecule has 3 N–H and O–H groups in total. The number of aliphatic imine (C=N–C) groups is 1. The molecule has 1 unspecified atom stereocenters. The molecule has 2 aromatic carbocycles. The summed E-state index contributed by atoms with van der Waals surface area (Å²) in [6.45, 7) is 1.31. The summed E-state index contributed by atoms with van der Waals surface area (Å²) in [5.41, 5.74) is 11.2. The number of benzene rings is 2. The zero-order valence-electron chi connectivity index (χ0n) is 17.1. The minimum absolute atomic E-state index is 0.470. The second-order valence-electron chi connectivity index (χ2n) is 7.37. The van der Waals surface area contributed by atoms with Gasteiger partial charge in [-0.25, -0.2) is 4.48 Å². The lowest BCUT2D eigenvalue weighted by molar-refractivity contribution is 0.317. The summed E-state index contributed by atoms with van der Waals surface area (Å²) in [4.78, 5) is 8.15. The molecule has 0 aliphatic carbocycles. The number of methoxy groups -OCH3 is 2. The van der Waals surface area contributed by atoms with Gasteiger partial charge >= 0.3 is 6.02 Å². The van der Waals surface area contributed by atoms with Crippen LogP contribution in [-0.4, -0.2) is 45.4 Å². The Balaban J connectivity index is 1.75. The third-order valence-electron chi connectivity index (χ3n) is 5.58. The number of aromatic nitrogens is 1. The van der Waals surface area contributed by atoms with Gasteiger partial charge in [-0.3, -0.25) is 0 Å². The van der Waals surface area contributed by atoms with E-state index in [4.69, 9.17) is 20.2 Å². The average Bonchev–Trinajstić information content (AvgIpc) is 3.22. The van der Waals surface area contributed by atoms with Gasteiger partial charge in [-0.2, -0.15) is 4.99 Å². The summed E-state index contributed by atoms with van der Waals surface area (Å²) in [6.07, 6.45) is 4.90. The fourth-order valence-corrected chi connectivity index (χ4v) is 3.88. The number of likely N-dealkylation sites (N-methyl/N-ethyl adjacent to an activating group) is 1. The Labute approximate surface area is 170 Å². The first-order valence-corrected chi connectivity index (χ1v) is 9.73. The topological polar surface area (TPSA) is 72.6 Å². The van der Waals surface area contributed by atoms with E-state index in [-0.39, 0.29) is 0 Å². The maximum atomic E-state index is 5.82. The Morgan fingerprint density at radius 1 is 1.10 bits per heavy atom. The SMILES string of the molecule is COC1=NC(c2cc(OC)ccc2CCN)=CC[N+]1(C)c1ccc2[nH]ccc2c1. The fraction of sp³-hybridized carbons (Fsp3) is 0.261. The molecule has 29 heavy (non-hydrogen) atoms. The predicted octanol–water partition coefficient (Wildman–Crippen LogP) is 3.67. The third-order valence-corrected chi connectivity index (χ3v) is 5.58. The van der Waals surface area contributed by atoms with E-state index in [0.29, 0.717) is 17.0 Å². The highest BCUT2D eigenvalue weighted by atomic mass is 16.5. The number of nitrogens with one attached hydrogen (secondary N) is 1. The number of H-pyrrole nitrogens is 1. The molecular formula is C23H27N4O2+. The van der Waals surface area contributed by atoms with Crippen molar-refractivity contribution in [3.63, 3.8) is 0 Å². The maximum Gasteiger partial charge on any atom is 0.404 e. The summed E-state index contributed by atoms with van der Waals surface area (Å²) >= 11 is 0. The summed E-state index contributed by atoms with van der Waals surface area (Å²) < 4.78 is 11.7. The van der Waals surface area contributed by atoms with Crippen LogP contribution in [0.2, 0.25) is 0 Å². The first-order valence-electron chi connectivity index (χ1n) is 9.73. The van der Waals surface area contributed by atoms with Gasteiger partial charge in [0.15, 0.2) is 0 Å². The first kappa shape index (κ1) is 19.2. The number of hydrogen-bond acceptors (Lipinski definition) is 4. The Bertz CT molecular complexity index is 1100. The van der Waals surface area contributed by atoms with Gasteiger partial charge in [0.1, 0.15) is 18.0 Å². The highest BCUT2D eigenvalue weighted by molar-refractivity contribution is 5.95. The van der Waals surface area contributed by atoms with Crippen molar-refractivity contribution >= 4 is 28.3 Å². The van der Waals surface area contributed by atoms with Crippen LogP contribution in [0.1, 0.15) is 11.1 Å². The lowest BCUT2D eigenvalue weighted by atomic mass is 10.00. The molecule has 0 spiro atoms. The standard InChI is InChI=1S/C23H27N4O2/c1-27(18-5-7-21-17(14-18)9-12-25-21)13-10-22(26-23(27)29-3)20-15-19(28-2)6-4-16(20)8-11-24/h4-7,9-10,12,14-15,25H,8,11,13,24H2,1-3H3/q+1. The van der Waals surface area contributed by atoms with Crippen LogP contribution in [0.15, 0.2) is 59.7 Å². The van der Waals surface area contributed by atoms with Crippen molar-refractivity contribution in [3.8, 4) is 5.75 Å². The molecule has 1 atom stereocenters. The van der Waals surface area contributed by atoms with E-state index in [1.54, 1.807) is 14.2 Å². The maximum absolute atomic E-state index is 5.82. The van der Waals surface area contributed by atoms with Crippen LogP contribution < -0.4 is 15.0 Å². The van der Waals surface area contributed by atoms with Gasteiger partial charge < -0.3 is 20.2 Å². The number of fused-ring (bicyclic) bond motifs is 1. The van der Waals surface area contributed by atoms with Gasteiger partial charge in [-0.05, 0) is 48.9 Å². The molecule has 0 amide bonds. The lowest BCUT2D eigenvalue weighted by Crippen LogP contribution is -2.53. The molecule has 0 radical (unpaired) electrons. The van der Waals surface area contributed by atoms with E-state index in [9.17, 15) is 0 Å². The molecule has 150 valence electrons. The van der Waals surface area contributed by atoms with Gasteiger partial charge in [0, 0.05) is 34.8 Å². The lowest BCUT2D eigenvalue weighted by Gasteiger charge is -2.33. The Kier molecular flexibility index (Phi) is 5.13. The van der Waals surface area contributed by atoms with E-state index in [2.05, 4.69) is 48.4 Å². The second-order valence-corrected chi connectivity index (χ2v) is 7.37. The van der Waals surface area contributed by atoms with E-state index in [1.807, 2.05) is 18.3 Å². The fourth-order valence-electron chi connectivity index (χ4n) is 3.88. The number of nitrogens with two attached hydrogens (primary N) is 1. The molecule has 1 aliphatic rings. The first-order chi connectivity index (χ1) is 14.1. The number of nitrogens with zero attached hydrogens (tertiary/aromatic N) is 2. The molecule has 1 aliphatic heterocycles. The summed E-state index contributed by atoms with van der Waals surface area (Å²) in [6, 6.07) is 15.2. The summed E-state index contributed by atoms with van der Waals surface area (Å²) in [5, 5.41) is 1.17. The van der Waals surface area contributed by atoms with Crippen LogP contribution in [0.25, 0.3) is 16.6 Å². The predicted molar refractivity (Wildman–Crippen MR) is 119 cm³/mol. The van der Waals surface area contributed by atoms with E-state index >= 15 is 0 Å². The minimum atomic E-state index is 0.470. The largest absolute Gasteiger partial charge is 0.497 e. The Morgan fingerprint density at radius 3 is 2.72 bits per heavy atom. The molecule has 1 aromatic heterocycles. The second kappa shape index (κ2) is 7.73. The minimum Gasteiger partial charge on any atom is -0.497 e. The van der Waals surface area contributed by atoms with E-state index in [0.717, 1.165) is 46.7 Å². The van der Waals surface area contributed by atoms with Crippen molar-refractivity contribution in [2.45, 2.75) is 6.42 Å². The van der Waals surface area contributed by atoms with E-state index < -0.39 is 0 Å². The van der Waals surface area contributed by atoms with Crippen molar-refractivity contribution in [1.29, 1.82) is 0 Å². The average molecular weight is 391 g/mol. The van der Waals surface area contributed by atoms with Crippen LogP contribution in [0.4, 0.5) is 5.69 Å². The van der Waals surface area contributed by atoms with Crippen molar-refractivity contribution in [2.24, 2.45) is 10.7 Å². The van der Waals surface area contributed by atoms with Gasteiger partial charge in [-0.15, -0.1) is 0 Å². The van der Waals surface area contributed by atoms with Crippen LogP contribution in [-0.2, 0) is 11.2 Å². The molecule has 6 nitrogen and oxygen atoms in total.